The molecule has 1 aliphatic heterocycles. The number of rotatable bonds is 4. The lowest BCUT2D eigenvalue weighted by molar-refractivity contribution is 0.101. The molecule has 0 bridgehead atoms. The van der Waals surface area contributed by atoms with Crippen molar-refractivity contribution in [3.05, 3.63) is 22.7 Å². The van der Waals surface area contributed by atoms with Crippen molar-refractivity contribution in [1.82, 2.24) is 10.2 Å². The molecule has 7 heteroatoms. The molecule has 116 valence electrons. The Kier molecular flexibility index (Phi) is 5.69. The number of hydrogen-bond donors (Lipinski definition) is 2. The van der Waals surface area contributed by atoms with E-state index in [9.17, 15) is 4.79 Å². The summed E-state index contributed by atoms with van der Waals surface area (Å²) in [6.07, 6.45) is -0.236. The molecule has 0 aromatic heterocycles. The zero-order valence-electron chi connectivity index (χ0n) is 12.1. The fourth-order valence-corrected chi connectivity index (χ4v) is 2.45. The van der Waals surface area contributed by atoms with E-state index in [1.54, 1.807) is 4.90 Å². The molecule has 1 aliphatic rings. The molecular formula is C14H21BrN4O2. The van der Waals surface area contributed by atoms with Crippen LogP contribution < -0.4 is 16.0 Å². The SMILES string of the molecule is CNCCOC(=O)N1CCN(c2ccc(Br)c(N)c2)CC1. The van der Waals surface area contributed by atoms with E-state index in [1.807, 2.05) is 25.2 Å². The normalized spacial score (nSPS) is 15.1. The first kappa shape index (κ1) is 15.9. The van der Waals surface area contributed by atoms with Crippen molar-refractivity contribution in [2.24, 2.45) is 0 Å². The molecule has 1 heterocycles. The summed E-state index contributed by atoms with van der Waals surface area (Å²) in [7, 11) is 1.83. The van der Waals surface area contributed by atoms with Gasteiger partial charge < -0.3 is 25.6 Å². The van der Waals surface area contributed by atoms with E-state index in [2.05, 4.69) is 26.1 Å². The van der Waals surface area contributed by atoms with Crippen LogP contribution in [-0.2, 0) is 4.74 Å². The van der Waals surface area contributed by atoms with Gasteiger partial charge in [0.1, 0.15) is 6.61 Å². The number of piperazine rings is 1. The molecule has 3 N–H and O–H groups in total. The number of nitrogens with one attached hydrogen (secondary N) is 1. The molecule has 0 radical (unpaired) electrons. The summed E-state index contributed by atoms with van der Waals surface area (Å²) in [5.74, 6) is 0. The third kappa shape index (κ3) is 4.25. The third-order valence-electron chi connectivity index (χ3n) is 3.46. The molecule has 2 rings (SSSR count). The van der Waals surface area contributed by atoms with Gasteiger partial charge in [-0.2, -0.15) is 0 Å². The zero-order chi connectivity index (χ0) is 15.2. The summed E-state index contributed by atoms with van der Waals surface area (Å²) in [4.78, 5) is 15.8. The van der Waals surface area contributed by atoms with Gasteiger partial charge in [-0.25, -0.2) is 4.79 Å². The van der Waals surface area contributed by atoms with Gasteiger partial charge in [-0.3, -0.25) is 0 Å². The van der Waals surface area contributed by atoms with E-state index in [0.717, 1.165) is 28.9 Å². The zero-order valence-corrected chi connectivity index (χ0v) is 13.7. The van der Waals surface area contributed by atoms with Crippen LogP contribution in [0.3, 0.4) is 0 Å². The van der Waals surface area contributed by atoms with Crippen LogP contribution in [0.25, 0.3) is 0 Å². The molecule has 6 nitrogen and oxygen atoms in total. The summed E-state index contributed by atoms with van der Waals surface area (Å²) in [5, 5.41) is 2.94. The molecule has 0 atom stereocenters. The number of anilines is 2. The summed E-state index contributed by atoms with van der Waals surface area (Å²) in [6, 6.07) is 5.93. The smallest absolute Gasteiger partial charge is 0.409 e. The van der Waals surface area contributed by atoms with Crippen molar-refractivity contribution in [1.29, 1.82) is 0 Å². The number of nitrogen functional groups attached to an aromatic ring is 1. The summed E-state index contributed by atoms with van der Waals surface area (Å²) in [5.41, 5.74) is 7.71. The highest BCUT2D eigenvalue weighted by Crippen LogP contribution is 2.26. The number of hydrogen-bond acceptors (Lipinski definition) is 5. The average Bonchev–Trinajstić information content (AvgIpc) is 2.50. The Morgan fingerprint density at radius 1 is 1.38 bits per heavy atom. The Labute approximate surface area is 133 Å². The van der Waals surface area contributed by atoms with Gasteiger partial charge in [0.25, 0.3) is 0 Å². The number of nitrogens with zero attached hydrogens (tertiary/aromatic N) is 2. The van der Waals surface area contributed by atoms with Crippen molar-refractivity contribution in [3.8, 4) is 0 Å². The third-order valence-corrected chi connectivity index (χ3v) is 4.18. The predicted molar refractivity (Wildman–Crippen MR) is 87.6 cm³/mol. The minimum atomic E-state index is -0.236. The first-order chi connectivity index (χ1) is 10.1. The molecule has 21 heavy (non-hydrogen) atoms. The van der Waals surface area contributed by atoms with E-state index >= 15 is 0 Å². The molecule has 1 saturated heterocycles. The minimum Gasteiger partial charge on any atom is -0.448 e. The summed E-state index contributed by atoms with van der Waals surface area (Å²) < 4.78 is 6.08. The van der Waals surface area contributed by atoms with Crippen molar-refractivity contribution in [2.75, 3.05) is 57.0 Å². The Bertz CT molecular complexity index is 490. The van der Waals surface area contributed by atoms with E-state index in [4.69, 9.17) is 10.5 Å². The molecule has 1 aromatic rings. The second-order valence-corrected chi connectivity index (χ2v) is 5.75. The predicted octanol–water partition coefficient (Wildman–Crippen LogP) is 1.51. The van der Waals surface area contributed by atoms with Crippen LogP contribution in [0, 0.1) is 0 Å². The fourth-order valence-electron chi connectivity index (χ4n) is 2.21. The van der Waals surface area contributed by atoms with Crippen LogP contribution in [0.2, 0.25) is 0 Å². The van der Waals surface area contributed by atoms with E-state index in [1.165, 1.54) is 0 Å². The number of carbonyl (C=O) groups excluding carboxylic acids is 1. The van der Waals surface area contributed by atoms with E-state index in [-0.39, 0.29) is 6.09 Å². The number of likely N-dealkylation sites (N-methyl/N-ethyl adjacent to an activating group) is 1. The van der Waals surface area contributed by atoms with Crippen LogP contribution in [0.4, 0.5) is 16.2 Å². The lowest BCUT2D eigenvalue weighted by Gasteiger charge is -2.35. The van der Waals surface area contributed by atoms with Gasteiger partial charge >= 0.3 is 6.09 Å². The summed E-state index contributed by atoms with van der Waals surface area (Å²) >= 11 is 3.39. The summed E-state index contributed by atoms with van der Waals surface area (Å²) in [6.45, 7) is 3.95. The monoisotopic (exact) mass is 356 g/mol. The topological polar surface area (TPSA) is 70.8 Å². The number of halogens is 1. The van der Waals surface area contributed by atoms with Crippen molar-refractivity contribution >= 4 is 33.4 Å². The van der Waals surface area contributed by atoms with Crippen LogP contribution in [0.15, 0.2) is 22.7 Å². The van der Waals surface area contributed by atoms with Crippen LogP contribution >= 0.6 is 15.9 Å². The number of nitrogens with two attached hydrogens (primary N) is 1. The van der Waals surface area contributed by atoms with Crippen LogP contribution in [0.5, 0.6) is 0 Å². The molecule has 0 spiro atoms. The van der Waals surface area contributed by atoms with E-state index < -0.39 is 0 Å². The van der Waals surface area contributed by atoms with Gasteiger partial charge in [0.2, 0.25) is 0 Å². The fraction of sp³-hybridized carbons (Fsp3) is 0.500. The lowest BCUT2D eigenvalue weighted by Crippen LogP contribution is -2.49. The molecule has 1 amide bonds. The largest absolute Gasteiger partial charge is 0.448 e. The van der Waals surface area contributed by atoms with Gasteiger partial charge in [0.05, 0.1) is 0 Å². The van der Waals surface area contributed by atoms with Crippen molar-refractivity contribution in [2.45, 2.75) is 0 Å². The Hall–Kier alpha value is -1.47. The second-order valence-electron chi connectivity index (χ2n) is 4.90. The van der Waals surface area contributed by atoms with Gasteiger partial charge in [-0.15, -0.1) is 0 Å². The average molecular weight is 357 g/mol. The number of ether oxygens (including phenoxy) is 1. The molecule has 0 aliphatic carbocycles. The Balaban J connectivity index is 1.85. The number of carbonyl (C=O) groups is 1. The number of amides is 1. The Morgan fingerprint density at radius 3 is 2.71 bits per heavy atom. The first-order valence-corrected chi connectivity index (χ1v) is 7.77. The minimum absolute atomic E-state index is 0.236. The molecule has 1 fully saturated rings. The van der Waals surface area contributed by atoms with Gasteiger partial charge in [-0.1, -0.05) is 0 Å². The molecule has 1 aromatic carbocycles. The number of benzene rings is 1. The first-order valence-electron chi connectivity index (χ1n) is 6.98. The van der Waals surface area contributed by atoms with Crippen molar-refractivity contribution < 1.29 is 9.53 Å². The molecule has 0 unspecified atom stereocenters. The van der Waals surface area contributed by atoms with Crippen LogP contribution in [0.1, 0.15) is 0 Å². The van der Waals surface area contributed by atoms with Gasteiger partial charge in [0.15, 0.2) is 0 Å². The van der Waals surface area contributed by atoms with Gasteiger partial charge in [-0.05, 0) is 41.2 Å². The van der Waals surface area contributed by atoms with Crippen LogP contribution in [-0.4, -0.2) is 57.4 Å². The maximum atomic E-state index is 11.8. The second kappa shape index (κ2) is 7.51. The molecule has 0 saturated carbocycles. The van der Waals surface area contributed by atoms with E-state index in [0.29, 0.717) is 26.2 Å². The maximum Gasteiger partial charge on any atom is 0.409 e. The van der Waals surface area contributed by atoms with Crippen molar-refractivity contribution in [3.63, 3.8) is 0 Å². The lowest BCUT2D eigenvalue weighted by atomic mass is 10.2. The highest BCUT2D eigenvalue weighted by Gasteiger charge is 2.22. The highest BCUT2D eigenvalue weighted by molar-refractivity contribution is 9.10. The Morgan fingerprint density at radius 2 is 2.10 bits per heavy atom. The standard InChI is InChI=1S/C14H21BrN4O2/c1-17-4-9-21-14(20)19-7-5-18(6-8-19)11-2-3-12(15)13(16)10-11/h2-3,10,17H,4-9,16H2,1H3. The molecular weight excluding hydrogens is 336 g/mol. The quantitative estimate of drug-likeness (QED) is 0.632. The maximum absolute atomic E-state index is 11.8. The van der Waals surface area contributed by atoms with Gasteiger partial charge in [0, 0.05) is 48.6 Å². The highest BCUT2D eigenvalue weighted by atomic mass is 79.9.